The van der Waals surface area contributed by atoms with Gasteiger partial charge in [0, 0.05) is 32.1 Å². The van der Waals surface area contributed by atoms with Gasteiger partial charge in [-0.1, -0.05) is 30.3 Å². The van der Waals surface area contributed by atoms with Crippen molar-refractivity contribution in [1.82, 2.24) is 10.2 Å². The predicted molar refractivity (Wildman–Crippen MR) is 78.9 cm³/mol. The van der Waals surface area contributed by atoms with Crippen molar-refractivity contribution in [2.24, 2.45) is 0 Å². The Bertz CT molecular complexity index is 483. The highest BCUT2D eigenvalue weighted by Gasteiger charge is 2.18. The topological polar surface area (TPSA) is 49.4 Å². The van der Waals surface area contributed by atoms with E-state index in [4.69, 9.17) is 0 Å². The molecule has 1 fully saturated rings. The highest BCUT2D eigenvalue weighted by molar-refractivity contribution is 5.91. The van der Waals surface area contributed by atoms with Crippen LogP contribution in [0.4, 0.5) is 0 Å². The standard InChI is InChI=1S/C16H20N2O2/c19-15(10-9-14-6-2-1-3-7-14)17-11-5-13-18-12-4-8-16(18)20/h1-3,6-7,9-10H,4-5,8,11-13H2,(H,17,19)/b10-9+. The van der Waals surface area contributed by atoms with Crippen molar-refractivity contribution >= 4 is 17.9 Å². The number of nitrogens with one attached hydrogen (secondary N) is 1. The maximum atomic E-state index is 11.6. The fraction of sp³-hybridized carbons (Fsp3) is 0.375. The zero-order valence-corrected chi connectivity index (χ0v) is 11.5. The van der Waals surface area contributed by atoms with Crippen LogP contribution in [0.3, 0.4) is 0 Å². The Kier molecular flexibility index (Phi) is 5.35. The predicted octanol–water partition coefficient (Wildman–Crippen LogP) is 1.83. The lowest BCUT2D eigenvalue weighted by molar-refractivity contribution is -0.127. The van der Waals surface area contributed by atoms with Gasteiger partial charge in [-0.25, -0.2) is 0 Å². The lowest BCUT2D eigenvalue weighted by Crippen LogP contribution is -2.29. The van der Waals surface area contributed by atoms with Gasteiger partial charge >= 0.3 is 0 Å². The Morgan fingerprint density at radius 1 is 1.30 bits per heavy atom. The average Bonchev–Trinajstić information content (AvgIpc) is 2.88. The van der Waals surface area contributed by atoms with Gasteiger partial charge in [0.1, 0.15) is 0 Å². The van der Waals surface area contributed by atoms with Crippen molar-refractivity contribution in [3.63, 3.8) is 0 Å². The summed E-state index contributed by atoms with van der Waals surface area (Å²) in [7, 11) is 0. The molecule has 0 unspecified atom stereocenters. The van der Waals surface area contributed by atoms with Gasteiger partial charge in [-0.2, -0.15) is 0 Å². The molecule has 0 aliphatic carbocycles. The summed E-state index contributed by atoms with van der Waals surface area (Å²) in [6.07, 6.45) is 5.77. The van der Waals surface area contributed by atoms with Gasteiger partial charge in [0.2, 0.25) is 11.8 Å². The molecule has 1 saturated heterocycles. The van der Waals surface area contributed by atoms with Gasteiger partial charge in [-0.3, -0.25) is 9.59 Å². The van der Waals surface area contributed by atoms with Gasteiger partial charge in [-0.15, -0.1) is 0 Å². The Hall–Kier alpha value is -2.10. The summed E-state index contributed by atoms with van der Waals surface area (Å²) < 4.78 is 0. The average molecular weight is 272 g/mol. The Labute approximate surface area is 119 Å². The van der Waals surface area contributed by atoms with Gasteiger partial charge < -0.3 is 10.2 Å². The minimum atomic E-state index is -0.0957. The molecule has 0 bridgehead atoms. The molecule has 20 heavy (non-hydrogen) atoms. The van der Waals surface area contributed by atoms with Crippen LogP contribution >= 0.6 is 0 Å². The minimum absolute atomic E-state index is 0.0957. The first-order chi connectivity index (χ1) is 9.75. The van der Waals surface area contributed by atoms with E-state index in [1.54, 1.807) is 6.08 Å². The van der Waals surface area contributed by atoms with Crippen LogP contribution in [0.15, 0.2) is 36.4 Å². The summed E-state index contributed by atoms with van der Waals surface area (Å²) in [4.78, 5) is 24.9. The quantitative estimate of drug-likeness (QED) is 0.634. The van der Waals surface area contributed by atoms with E-state index in [2.05, 4.69) is 5.32 Å². The van der Waals surface area contributed by atoms with Crippen molar-refractivity contribution in [3.05, 3.63) is 42.0 Å². The van der Waals surface area contributed by atoms with Crippen molar-refractivity contribution in [2.45, 2.75) is 19.3 Å². The second-order valence-electron chi connectivity index (χ2n) is 4.87. The van der Waals surface area contributed by atoms with Gasteiger partial charge in [0.25, 0.3) is 0 Å². The SMILES string of the molecule is O=C(/C=C/c1ccccc1)NCCCN1CCCC1=O. The summed E-state index contributed by atoms with van der Waals surface area (Å²) in [6.45, 7) is 2.20. The molecule has 0 aromatic heterocycles. The molecule has 1 aliphatic rings. The molecule has 106 valence electrons. The van der Waals surface area contributed by atoms with Crippen LogP contribution < -0.4 is 5.32 Å². The molecule has 0 saturated carbocycles. The van der Waals surface area contributed by atoms with E-state index < -0.39 is 0 Å². The van der Waals surface area contributed by atoms with Crippen LogP contribution in [0.5, 0.6) is 0 Å². The number of likely N-dealkylation sites (tertiary alicyclic amines) is 1. The molecule has 0 atom stereocenters. The molecule has 0 radical (unpaired) electrons. The van der Waals surface area contributed by atoms with E-state index >= 15 is 0 Å². The lowest BCUT2D eigenvalue weighted by Gasteiger charge is -2.14. The van der Waals surface area contributed by atoms with Gasteiger partial charge in [-0.05, 0) is 24.5 Å². The van der Waals surface area contributed by atoms with Crippen LogP contribution in [0, 0.1) is 0 Å². The Morgan fingerprint density at radius 3 is 2.80 bits per heavy atom. The van der Waals surface area contributed by atoms with Crippen LogP contribution in [0.1, 0.15) is 24.8 Å². The van der Waals surface area contributed by atoms with E-state index in [1.807, 2.05) is 35.2 Å². The van der Waals surface area contributed by atoms with Crippen LogP contribution in [0.25, 0.3) is 6.08 Å². The minimum Gasteiger partial charge on any atom is -0.352 e. The highest BCUT2D eigenvalue weighted by Crippen LogP contribution is 2.09. The number of rotatable bonds is 6. The molecule has 1 heterocycles. The largest absolute Gasteiger partial charge is 0.352 e. The monoisotopic (exact) mass is 272 g/mol. The molecule has 1 aromatic carbocycles. The number of carbonyl (C=O) groups excluding carboxylic acids is 2. The molecule has 1 aliphatic heterocycles. The number of nitrogens with zero attached hydrogens (tertiary/aromatic N) is 1. The number of hydrogen-bond acceptors (Lipinski definition) is 2. The highest BCUT2D eigenvalue weighted by atomic mass is 16.2. The van der Waals surface area contributed by atoms with E-state index in [1.165, 1.54) is 6.08 Å². The Morgan fingerprint density at radius 2 is 2.10 bits per heavy atom. The zero-order chi connectivity index (χ0) is 14.2. The number of benzene rings is 1. The molecular formula is C16H20N2O2. The summed E-state index contributed by atoms with van der Waals surface area (Å²) in [6, 6.07) is 9.71. The number of carbonyl (C=O) groups is 2. The third-order valence-electron chi connectivity index (χ3n) is 3.30. The normalized spacial score (nSPS) is 15.0. The van der Waals surface area contributed by atoms with Crippen LogP contribution in [0.2, 0.25) is 0 Å². The second kappa shape index (κ2) is 7.48. The van der Waals surface area contributed by atoms with Crippen molar-refractivity contribution in [1.29, 1.82) is 0 Å². The number of amides is 2. The molecule has 1 N–H and O–H groups in total. The Balaban J connectivity index is 1.63. The summed E-state index contributed by atoms with van der Waals surface area (Å²) >= 11 is 0. The third-order valence-corrected chi connectivity index (χ3v) is 3.30. The first-order valence-electron chi connectivity index (χ1n) is 7.04. The molecule has 4 heteroatoms. The summed E-state index contributed by atoms with van der Waals surface area (Å²) in [5.74, 6) is 0.141. The molecule has 2 amide bonds. The zero-order valence-electron chi connectivity index (χ0n) is 11.5. The first kappa shape index (κ1) is 14.3. The smallest absolute Gasteiger partial charge is 0.244 e. The molecule has 0 spiro atoms. The molecule has 2 rings (SSSR count). The van der Waals surface area contributed by atoms with Gasteiger partial charge in [0.15, 0.2) is 0 Å². The van der Waals surface area contributed by atoms with Crippen molar-refractivity contribution in [3.8, 4) is 0 Å². The summed E-state index contributed by atoms with van der Waals surface area (Å²) in [5.41, 5.74) is 1.00. The maximum Gasteiger partial charge on any atom is 0.244 e. The lowest BCUT2D eigenvalue weighted by atomic mass is 10.2. The number of hydrogen-bond donors (Lipinski definition) is 1. The first-order valence-corrected chi connectivity index (χ1v) is 7.04. The van der Waals surface area contributed by atoms with E-state index in [0.717, 1.165) is 31.5 Å². The third kappa shape index (κ3) is 4.53. The van der Waals surface area contributed by atoms with Crippen LogP contribution in [-0.2, 0) is 9.59 Å². The second-order valence-corrected chi connectivity index (χ2v) is 4.87. The van der Waals surface area contributed by atoms with E-state index in [9.17, 15) is 9.59 Å². The molecular weight excluding hydrogens is 252 g/mol. The van der Waals surface area contributed by atoms with E-state index in [-0.39, 0.29) is 11.8 Å². The van der Waals surface area contributed by atoms with Crippen molar-refractivity contribution < 1.29 is 9.59 Å². The molecule has 1 aromatic rings. The fourth-order valence-corrected chi connectivity index (χ4v) is 2.22. The maximum absolute atomic E-state index is 11.6. The van der Waals surface area contributed by atoms with E-state index in [0.29, 0.717) is 13.0 Å². The van der Waals surface area contributed by atoms with Crippen LogP contribution in [-0.4, -0.2) is 36.3 Å². The van der Waals surface area contributed by atoms with Gasteiger partial charge in [0.05, 0.1) is 0 Å². The van der Waals surface area contributed by atoms with Crippen molar-refractivity contribution in [2.75, 3.05) is 19.6 Å². The fourth-order valence-electron chi connectivity index (χ4n) is 2.22. The summed E-state index contributed by atoms with van der Waals surface area (Å²) in [5, 5.41) is 2.83. The molecule has 4 nitrogen and oxygen atoms in total.